The van der Waals surface area contributed by atoms with Crippen LogP contribution < -0.4 is 5.32 Å². The number of hydrogen-bond donors (Lipinski definition) is 1. The molecule has 180 valence electrons. The van der Waals surface area contributed by atoms with E-state index < -0.39 is 29.3 Å². The summed E-state index contributed by atoms with van der Waals surface area (Å²) in [4.78, 5) is 19.9. The lowest BCUT2D eigenvalue weighted by Crippen LogP contribution is -2.51. The highest BCUT2D eigenvalue weighted by Gasteiger charge is 2.34. The van der Waals surface area contributed by atoms with Gasteiger partial charge in [-0.3, -0.25) is 4.79 Å². The van der Waals surface area contributed by atoms with E-state index in [1.807, 2.05) is 6.92 Å². The average Bonchev–Trinajstić information content (AvgIpc) is 3.34. The maximum Gasteiger partial charge on any atom is 0.417 e. The molecule has 1 aromatic carbocycles. The Labute approximate surface area is 191 Å². The van der Waals surface area contributed by atoms with E-state index in [1.165, 1.54) is 18.5 Å². The molecule has 0 saturated carbocycles. The van der Waals surface area contributed by atoms with Crippen molar-refractivity contribution >= 4 is 11.7 Å². The molecule has 0 radical (unpaired) electrons. The first-order chi connectivity index (χ1) is 16.1. The molecule has 1 aliphatic heterocycles. The molecule has 1 saturated heterocycles. The van der Waals surface area contributed by atoms with E-state index in [1.54, 1.807) is 4.90 Å². The Kier molecular flexibility index (Phi) is 6.49. The van der Waals surface area contributed by atoms with Gasteiger partial charge in [0.1, 0.15) is 11.5 Å². The summed E-state index contributed by atoms with van der Waals surface area (Å²) in [5.74, 6) is -2.57. The van der Waals surface area contributed by atoms with E-state index in [-0.39, 0.29) is 35.6 Å². The molecule has 3 heterocycles. The molecule has 0 spiro atoms. The second-order valence-corrected chi connectivity index (χ2v) is 8.10. The first-order valence-corrected chi connectivity index (χ1v) is 10.6. The van der Waals surface area contributed by atoms with Crippen LogP contribution in [0.1, 0.15) is 35.7 Å². The van der Waals surface area contributed by atoms with Crippen molar-refractivity contribution in [3.05, 3.63) is 65.6 Å². The lowest BCUT2D eigenvalue weighted by Gasteiger charge is -2.40. The van der Waals surface area contributed by atoms with E-state index in [0.29, 0.717) is 13.0 Å². The van der Waals surface area contributed by atoms with Gasteiger partial charge < -0.3 is 10.2 Å². The lowest BCUT2D eigenvalue weighted by atomic mass is 9.90. The van der Waals surface area contributed by atoms with Crippen LogP contribution >= 0.6 is 0 Å². The van der Waals surface area contributed by atoms with Gasteiger partial charge in [0.15, 0.2) is 11.6 Å². The van der Waals surface area contributed by atoms with Crippen molar-refractivity contribution in [3.8, 4) is 5.69 Å². The van der Waals surface area contributed by atoms with Gasteiger partial charge in [0, 0.05) is 25.4 Å². The molecule has 1 N–H and O–H groups in total. The fourth-order valence-corrected chi connectivity index (χ4v) is 4.06. The topological polar surface area (TPSA) is 75.9 Å². The fourth-order valence-electron chi connectivity index (χ4n) is 4.06. The average molecular weight is 480 g/mol. The van der Waals surface area contributed by atoms with Crippen molar-refractivity contribution in [2.24, 2.45) is 5.92 Å². The summed E-state index contributed by atoms with van der Waals surface area (Å²) in [6, 6.07) is 3.48. The van der Waals surface area contributed by atoms with Crippen molar-refractivity contribution in [2.45, 2.75) is 32.0 Å². The Morgan fingerprint density at radius 1 is 1.15 bits per heavy atom. The monoisotopic (exact) mass is 480 g/mol. The maximum atomic E-state index is 14.1. The van der Waals surface area contributed by atoms with Crippen LogP contribution in [-0.2, 0) is 6.18 Å². The van der Waals surface area contributed by atoms with Gasteiger partial charge in [0.05, 0.1) is 29.6 Å². The minimum absolute atomic E-state index is 0.00300. The maximum absolute atomic E-state index is 14.1. The standard InChI is InChI=1S/C22H21F5N6O/c1-13-3-2-8-32(19(13)12-29-20-5-4-14(11-28-20)22(25,26)27)21(34)15-9-16(23)17(24)10-18(15)33-30-6-7-31-33/h4-7,9-11,13,19H,2-3,8,12H2,1H3,(H,28,29)/t13?,19-/m1/s1. The highest BCUT2D eigenvalue weighted by atomic mass is 19.4. The summed E-state index contributed by atoms with van der Waals surface area (Å²) < 4.78 is 66.4. The van der Waals surface area contributed by atoms with Gasteiger partial charge in [0.25, 0.3) is 5.91 Å². The fraction of sp³-hybridized carbons (Fsp3) is 0.364. The van der Waals surface area contributed by atoms with Crippen molar-refractivity contribution in [2.75, 3.05) is 18.4 Å². The van der Waals surface area contributed by atoms with Crippen LogP contribution in [0.3, 0.4) is 0 Å². The largest absolute Gasteiger partial charge is 0.417 e. The van der Waals surface area contributed by atoms with Gasteiger partial charge in [-0.15, -0.1) is 0 Å². The lowest BCUT2D eigenvalue weighted by molar-refractivity contribution is -0.137. The summed E-state index contributed by atoms with van der Waals surface area (Å²) in [6.45, 7) is 2.54. The number of amides is 1. The number of pyridine rings is 1. The van der Waals surface area contributed by atoms with E-state index in [4.69, 9.17) is 0 Å². The molecule has 34 heavy (non-hydrogen) atoms. The van der Waals surface area contributed by atoms with Crippen LogP contribution in [0.25, 0.3) is 5.69 Å². The number of likely N-dealkylation sites (tertiary alicyclic amines) is 1. The zero-order valence-corrected chi connectivity index (χ0v) is 18.1. The summed E-state index contributed by atoms with van der Waals surface area (Å²) in [7, 11) is 0. The van der Waals surface area contributed by atoms with Gasteiger partial charge in [0.2, 0.25) is 0 Å². The van der Waals surface area contributed by atoms with E-state index in [2.05, 4.69) is 20.5 Å². The minimum Gasteiger partial charge on any atom is -0.368 e. The number of carbonyl (C=O) groups is 1. The number of piperidine rings is 1. The third-order valence-corrected chi connectivity index (χ3v) is 5.86. The third kappa shape index (κ3) is 4.85. The molecule has 1 unspecified atom stereocenters. The molecule has 4 rings (SSSR count). The Hall–Kier alpha value is -3.57. The van der Waals surface area contributed by atoms with Crippen LogP contribution in [-0.4, -0.2) is 49.9 Å². The van der Waals surface area contributed by atoms with Crippen molar-refractivity contribution < 1.29 is 26.7 Å². The molecule has 3 aromatic rings. The predicted octanol–water partition coefficient (Wildman–Crippen LogP) is 4.31. The van der Waals surface area contributed by atoms with E-state index >= 15 is 0 Å². The second kappa shape index (κ2) is 9.35. The molecule has 1 amide bonds. The zero-order valence-electron chi connectivity index (χ0n) is 18.1. The first-order valence-electron chi connectivity index (χ1n) is 10.6. The molecule has 2 aromatic heterocycles. The van der Waals surface area contributed by atoms with Crippen LogP contribution in [0.5, 0.6) is 0 Å². The van der Waals surface area contributed by atoms with Crippen LogP contribution in [0.4, 0.5) is 27.8 Å². The number of rotatable bonds is 5. The minimum atomic E-state index is -4.49. The van der Waals surface area contributed by atoms with Gasteiger partial charge in [-0.05, 0) is 37.0 Å². The molecule has 0 aliphatic carbocycles. The number of benzene rings is 1. The molecule has 1 aliphatic rings. The van der Waals surface area contributed by atoms with E-state index in [9.17, 15) is 26.7 Å². The molecule has 0 bridgehead atoms. The summed E-state index contributed by atoms with van der Waals surface area (Å²) in [5.41, 5.74) is -0.955. The Morgan fingerprint density at radius 2 is 1.85 bits per heavy atom. The SMILES string of the molecule is CC1CCCN(C(=O)c2cc(F)c(F)cc2-n2nccn2)[C@@H]1CNc1ccc(C(F)(F)F)cn1. The molecule has 7 nitrogen and oxygen atoms in total. The van der Waals surface area contributed by atoms with Crippen molar-refractivity contribution in [3.63, 3.8) is 0 Å². The van der Waals surface area contributed by atoms with Gasteiger partial charge in [-0.25, -0.2) is 13.8 Å². The second-order valence-electron chi connectivity index (χ2n) is 8.10. The Morgan fingerprint density at radius 3 is 2.50 bits per heavy atom. The summed E-state index contributed by atoms with van der Waals surface area (Å²) >= 11 is 0. The highest BCUT2D eigenvalue weighted by Crippen LogP contribution is 2.30. The van der Waals surface area contributed by atoms with Crippen LogP contribution in [0.15, 0.2) is 42.9 Å². The third-order valence-electron chi connectivity index (χ3n) is 5.86. The smallest absolute Gasteiger partial charge is 0.368 e. The predicted molar refractivity (Wildman–Crippen MR) is 112 cm³/mol. The molecule has 2 atom stereocenters. The van der Waals surface area contributed by atoms with Gasteiger partial charge in [-0.2, -0.15) is 28.2 Å². The quantitative estimate of drug-likeness (QED) is 0.551. The van der Waals surface area contributed by atoms with E-state index in [0.717, 1.165) is 35.6 Å². The molecule has 1 fully saturated rings. The van der Waals surface area contributed by atoms with Crippen LogP contribution in [0.2, 0.25) is 0 Å². The Balaban J connectivity index is 1.58. The van der Waals surface area contributed by atoms with Gasteiger partial charge in [-0.1, -0.05) is 6.92 Å². The van der Waals surface area contributed by atoms with Crippen LogP contribution in [0, 0.1) is 17.6 Å². The molecular formula is C22H21F5N6O. The number of halogens is 5. The number of anilines is 1. The summed E-state index contributed by atoms with van der Waals surface area (Å²) in [6.07, 6.45) is 0.478. The number of nitrogens with zero attached hydrogens (tertiary/aromatic N) is 5. The molecule has 12 heteroatoms. The number of nitrogens with one attached hydrogen (secondary N) is 1. The summed E-state index contributed by atoms with van der Waals surface area (Å²) in [5, 5.41) is 10.8. The normalized spacial score (nSPS) is 18.7. The number of aromatic nitrogens is 4. The van der Waals surface area contributed by atoms with Crippen molar-refractivity contribution in [1.29, 1.82) is 0 Å². The number of alkyl halides is 3. The van der Waals surface area contributed by atoms with Crippen molar-refractivity contribution in [1.82, 2.24) is 24.9 Å². The zero-order chi connectivity index (χ0) is 24.5. The Bertz CT molecular complexity index is 1150. The first kappa shape index (κ1) is 23.6. The molecular weight excluding hydrogens is 459 g/mol. The van der Waals surface area contributed by atoms with Gasteiger partial charge >= 0.3 is 6.18 Å². The highest BCUT2D eigenvalue weighted by molar-refractivity contribution is 5.98. The number of carbonyl (C=O) groups excluding carboxylic acids is 1. The number of hydrogen-bond acceptors (Lipinski definition) is 5.